The Labute approximate surface area is 206 Å². The third-order valence-corrected chi connectivity index (χ3v) is 6.43. The molecule has 0 aliphatic rings. The Balaban J connectivity index is 1.69. The van der Waals surface area contributed by atoms with E-state index in [-0.39, 0.29) is 29.9 Å². The number of nitrogens with one attached hydrogen (secondary N) is 1. The summed E-state index contributed by atoms with van der Waals surface area (Å²) in [6.07, 6.45) is 0. The Morgan fingerprint density at radius 1 is 1.12 bits per heavy atom. The van der Waals surface area contributed by atoms with Gasteiger partial charge in [0.25, 0.3) is 11.5 Å². The smallest absolute Gasteiger partial charge is 0.262 e. The number of hydrogen-bond donors (Lipinski definition) is 1. The van der Waals surface area contributed by atoms with Gasteiger partial charge >= 0.3 is 0 Å². The van der Waals surface area contributed by atoms with Crippen molar-refractivity contribution in [2.75, 3.05) is 0 Å². The number of thioether (sulfide) groups is 1. The van der Waals surface area contributed by atoms with Crippen LogP contribution in [0.15, 0.2) is 76.7 Å². The van der Waals surface area contributed by atoms with Crippen molar-refractivity contribution in [3.8, 4) is 0 Å². The second-order valence-corrected chi connectivity index (χ2v) is 9.53. The van der Waals surface area contributed by atoms with Gasteiger partial charge in [-0.25, -0.2) is 9.37 Å². The van der Waals surface area contributed by atoms with E-state index in [2.05, 4.69) is 10.3 Å². The third-order valence-electron chi connectivity index (χ3n) is 5.17. The summed E-state index contributed by atoms with van der Waals surface area (Å²) >= 11 is 7.42. The molecule has 0 aliphatic heterocycles. The van der Waals surface area contributed by atoms with Crippen molar-refractivity contribution in [1.82, 2.24) is 14.9 Å². The molecule has 0 fully saturated rings. The zero-order valence-corrected chi connectivity index (χ0v) is 20.3. The lowest BCUT2D eigenvalue weighted by atomic mass is 10.1. The number of hydrogen-bond acceptors (Lipinski definition) is 4. The summed E-state index contributed by atoms with van der Waals surface area (Å²) in [5.74, 6) is -0.124. The fourth-order valence-electron chi connectivity index (χ4n) is 3.47. The Bertz CT molecular complexity index is 1400. The van der Waals surface area contributed by atoms with Crippen molar-refractivity contribution in [3.05, 3.63) is 105 Å². The molecule has 1 N–H and O–H groups in total. The molecule has 0 aliphatic carbocycles. The number of carbonyl (C=O) groups excluding carboxylic acids is 1. The molecule has 0 spiro atoms. The van der Waals surface area contributed by atoms with Gasteiger partial charge in [0, 0.05) is 22.4 Å². The van der Waals surface area contributed by atoms with Crippen LogP contribution < -0.4 is 10.9 Å². The van der Waals surface area contributed by atoms with Crippen LogP contribution in [0.1, 0.15) is 35.3 Å². The van der Waals surface area contributed by atoms with E-state index in [1.807, 2.05) is 26.0 Å². The normalized spacial score (nSPS) is 11.2. The zero-order chi connectivity index (χ0) is 24.2. The number of nitrogens with zero attached hydrogens (tertiary/aromatic N) is 2. The molecule has 0 unspecified atom stereocenters. The van der Waals surface area contributed by atoms with Crippen LogP contribution in [-0.2, 0) is 12.3 Å². The number of fused-ring (bicyclic) bond motifs is 1. The molecule has 0 bridgehead atoms. The maximum atomic E-state index is 14.1. The van der Waals surface area contributed by atoms with Gasteiger partial charge < -0.3 is 5.32 Å². The van der Waals surface area contributed by atoms with Crippen LogP contribution in [0.5, 0.6) is 0 Å². The molecule has 1 amide bonds. The van der Waals surface area contributed by atoms with E-state index in [1.165, 1.54) is 17.8 Å². The first-order chi connectivity index (χ1) is 16.3. The lowest BCUT2D eigenvalue weighted by molar-refractivity contribution is 0.0943. The summed E-state index contributed by atoms with van der Waals surface area (Å²) in [5, 5.41) is 4.20. The Morgan fingerprint density at radius 3 is 2.56 bits per heavy atom. The molecule has 3 aromatic carbocycles. The minimum absolute atomic E-state index is 0.0373. The summed E-state index contributed by atoms with van der Waals surface area (Å²) in [6, 6.07) is 18.7. The summed E-state index contributed by atoms with van der Waals surface area (Å²) in [4.78, 5) is 30.3. The molecule has 0 atom stereocenters. The van der Waals surface area contributed by atoms with Gasteiger partial charge in [-0.3, -0.25) is 14.2 Å². The standard InChI is InChI=1S/C26H23ClFN3O2S/c1-16(2)29-24(32)18-9-7-17(8-10-18)14-31-25(33)21-13-20(27)11-12-23(21)30-26(31)34-15-19-5-3-4-6-22(19)28/h3-13,16H,14-15H2,1-2H3,(H,29,32). The summed E-state index contributed by atoms with van der Waals surface area (Å²) in [6.45, 7) is 4.05. The molecule has 1 heterocycles. The monoisotopic (exact) mass is 495 g/mol. The van der Waals surface area contributed by atoms with Crippen LogP contribution in [0.25, 0.3) is 10.9 Å². The van der Waals surface area contributed by atoms with Crippen LogP contribution in [0.2, 0.25) is 5.02 Å². The van der Waals surface area contributed by atoms with Crippen molar-refractivity contribution >= 4 is 40.2 Å². The Kier molecular flexibility index (Phi) is 7.34. The highest BCUT2D eigenvalue weighted by atomic mass is 35.5. The fraction of sp³-hybridized carbons (Fsp3) is 0.192. The Morgan fingerprint density at radius 2 is 1.85 bits per heavy atom. The highest BCUT2D eigenvalue weighted by Gasteiger charge is 2.14. The molecule has 4 rings (SSSR count). The van der Waals surface area contributed by atoms with Crippen LogP contribution in [0, 0.1) is 5.82 Å². The molecule has 4 aromatic rings. The lowest BCUT2D eigenvalue weighted by Gasteiger charge is -2.14. The van der Waals surface area contributed by atoms with Crippen LogP contribution in [0.3, 0.4) is 0 Å². The summed E-state index contributed by atoms with van der Waals surface area (Å²) < 4.78 is 15.7. The second kappa shape index (κ2) is 10.4. The lowest BCUT2D eigenvalue weighted by Crippen LogP contribution is -2.30. The van der Waals surface area contributed by atoms with E-state index >= 15 is 0 Å². The summed E-state index contributed by atoms with van der Waals surface area (Å²) in [7, 11) is 0. The second-order valence-electron chi connectivity index (χ2n) is 8.15. The first-order valence-corrected chi connectivity index (χ1v) is 12.1. The predicted molar refractivity (Wildman–Crippen MR) is 135 cm³/mol. The maximum Gasteiger partial charge on any atom is 0.262 e. The number of aromatic nitrogens is 2. The van der Waals surface area contributed by atoms with Gasteiger partial charge in [0.2, 0.25) is 0 Å². The molecule has 0 saturated carbocycles. The molecular formula is C26H23ClFN3O2S. The van der Waals surface area contributed by atoms with E-state index < -0.39 is 0 Å². The zero-order valence-electron chi connectivity index (χ0n) is 18.7. The molecule has 1 aromatic heterocycles. The molecular weight excluding hydrogens is 473 g/mol. The van der Waals surface area contributed by atoms with Crippen molar-refractivity contribution in [2.24, 2.45) is 0 Å². The largest absolute Gasteiger partial charge is 0.350 e. The first-order valence-electron chi connectivity index (χ1n) is 10.8. The van der Waals surface area contributed by atoms with E-state index in [1.54, 1.807) is 53.1 Å². The first kappa shape index (κ1) is 24.0. The van der Waals surface area contributed by atoms with E-state index in [9.17, 15) is 14.0 Å². The average Bonchev–Trinajstić information content (AvgIpc) is 2.81. The molecule has 174 valence electrons. The maximum absolute atomic E-state index is 14.1. The van der Waals surface area contributed by atoms with Gasteiger partial charge in [0.05, 0.1) is 17.4 Å². The summed E-state index contributed by atoms with van der Waals surface area (Å²) in [5.41, 5.74) is 2.21. The highest BCUT2D eigenvalue weighted by Crippen LogP contribution is 2.25. The third kappa shape index (κ3) is 5.48. The molecule has 0 saturated heterocycles. The van der Waals surface area contributed by atoms with Gasteiger partial charge in [-0.1, -0.05) is 53.7 Å². The SMILES string of the molecule is CC(C)NC(=O)c1ccc(Cn2c(SCc3ccccc3F)nc3ccc(Cl)cc3c2=O)cc1. The minimum Gasteiger partial charge on any atom is -0.350 e. The van der Waals surface area contributed by atoms with Crippen molar-refractivity contribution in [3.63, 3.8) is 0 Å². The van der Waals surface area contributed by atoms with Gasteiger partial charge in [0.1, 0.15) is 5.82 Å². The quantitative estimate of drug-likeness (QED) is 0.265. The van der Waals surface area contributed by atoms with Gasteiger partial charge in [-0.15, -0.1) is 0 Å². The van der Waals surface area contributed by atoms with Crippen molar-refractivity contribution < 1.29 is 9.18 Å². The number of carbonyl (C=O) groups is 1. The minimum atomic E-state index is -0.299. The number of halogens is 2. The van der Waals surface area contributed by atoms with Crippen LogP contribution in [-0.4, -0.2) is 21.5 Å². The molecule has 5 nitrogen and oxygen atoms in total. The predicted octanol–water partition coefficient (Wildman–Crippen LogP) is 5.67. The van der Waals surface area contributed by atoms with Crippen molar-refractivity contribution in [1.29, 1.82) is 0 Å². The van der Waals surface area contributed by atoms with Gasteiger partial charge in [0.15, 0.2) is 5.16 Å². The number of rotatable bonds is 7. The van der Waals surface area contributed by atoms with E-state index in [0.29, 0.717) is 38.0 Å². The highest BCUT2D eigenvalue weighted by molar-refractivity contribution is 7.98. The molecule has 34 heavy (non-hydrogen) atoms. The number of benzene rings is 3. The van der Waals surface area contributed by atoms with Crippen LogP contribution in [0.4, 0.5) is 4.39 Å². The molecule has 8 heteroatoms. The van der Waals surface area contributed by atoms with Crippen LogP contribution >= 0.6 is 23.4 Å². The fourth-order valence-corrected chi connectivity index (χ4v) is 4.63. The number of amides is 1. The Hall–Kier alpha value is -3.16. The molecule has 0 radical (unpaired) electrons. The van der Waals surface area contributed by atoms with Gasteiger partial charge in [-0.05, 0) is 61.4 Å². The topological polar surface area (TPSA) is 64.0 Å². The van der Waals surface area contributed by atoms with E-state index in [0.717, 1.165) is 5.56 Å². The average molecular weight is 496 g/mol. The van der Waals surface area contributed by atoms with Crippen molar-refractivity contribution in [2.45, 2.75) is 37.3 Å². The van der Waals surface area contributed by atoms with Gasteiger partial charge in [-0.2, -0.15) is 0 Å². The van der Waals surface area contributed by atoms with E-state index in [4.69, 9.17) is 11.6 Å².